The van der Waals surface area contributed by atoms with Crippen LogP contribution in [0.15, 0.2) is 24.3 Å². The topological polar surface area (TPSA) is 32.3 Å². The maximum Gasteiger partial charge on any atom is 0.244 e. The van der Waals surface area contributed by atoms with Crippen LogP contribution in [0.5, 0.6) is 0 Å². The van der Waals surface area contributed by atoms with Crippen LogP contribution in [0.1, 0.15) is 31.7 Å². The summed E-state index contributed by atoms with van der Waals surface area (Å²) in [5, 5.41) is 3.08. The molecule has 1 aliphatic heterocycles. The Morgan fingerprint density at radius 3 is 2.82 bits per heavy atom. The average Bonchev–Trinajstić information content (AvgIpc) is 2.51. The normalized spacial score (nSPS) is 17.0. The molecule has 1 aromatic rings. The first-order valence-electron chi connectivity index (χ1n) is 7.74. The Kier molecular flexibility index (Phi) is 6.40. The predicted octanol–water partition coefficient (Wildman–Crippen LogP) is 3.48. The smallest absolute Gasteiger partial charge is 0.244 e. The zero-order chi connectivity index (χ0) is 15.9. The molecule has 0 aliphatic carbocycles. The number of nitrogens with zero attached hydrogens (tertiary/aromatic N) is 1. The first-order chi connectivity index (χ1) is 10.6. The van der Waals surface area contributed by atoms with E-state index in [0.29, 0.717) is 5.56 Å². The summed E-state index contributed by atoms with van der Waals surface area (Å²) < 4.78 is 13.1. The van der Waals surface area contributed by atoms with Gasteiger partial charge in [0.15, 0.2) is 0 Å². The second-order valence-electron chi connectivity index (χ2n) is 5.63. The van der Waals surface area contributed by atoms with E-state index in [9.17, 15) is 9.18 Å². The Labute approximate surface area is 136 Å². The molecule has 0 unspecified atom stereocenters. The van der Waals surface area contributed by atoms with Gasteiger partial charge < -0.3 is 10.2 Å². The highest BCUT2D eigenvalue weighted by Crippen LogP contribution is 2.17. The number of amides is 1. The van der Waals surface area contributed by atoms with Gasteiger partial charge in [-0.1, -0.05) is 24.6 Å². The molecule has 1 amide bonds. The van der Waals surface area contributed by atoms with Gasteiger partial charge in [-0.3, -0.25) is 4.79 Å². The van der Waals surface area contributed by atoms with E-state index in [2.05, 4.69) is 17.1 Å². The summed E-state index contributed by atoms with van der Waals surface area (Å²) in [5.41, 5.74) is 0.708. The van der Waals surface area contributed by atoms with Crippen molar-refractivity contribution in [1.29, 1.82) is 0 Å². The van der Waals surface area contributed by atoms with Crippen LogP contribution >= 0.6 is 11.6 Å². The molecular formula is C17H22ClFN2O. The molecular weight excluding hydrogens is 303 g/mol. The SMILES string of the molecule is CCCN1CCC(NC(=O)/C=C/c2ccc(F)c(Cl)c2)CC1. The van der Waals surface area contributed by atoms with Crippen molar-refractivity contribution < 1.29 is 9.18 Å². The van der Waals surface area contributed by atoms with E-state index in [4.69, 9.17) is 11.6 Å². The Morgan fingerprint density at radius 2 is 2.18 bits per heavy atom. The molecule has 1 heterocycles. The number of carbonyl (C=O) groups is 1. The quantitative estimate of drug-likeness (QED) is 0.841. The third-order valence-corrected chi connectivity index (χ3v) is 4.13. The van der Waals surface area contributed by atoms with Crippen molar-refractivity contribution >= 4 is 23.6 Å². The molecule has 22 heavy (non-hydrogen) atoms. The van der Waals surface area contributed by atoms with Crippen molar-refractivity contribution in [2.24, 2.45) is 0 Å². The number of rotatable bonds is 5. The number of likely N-dealkylation sites (tertiary alicyclic amines) is 1. The summed E-state index contributed by atoms with van der Waals surface area (Å²) in [6, 6.07) is 4.63. The van der Waals surface area contributed by atoms with E-state index in [-0.39, 0.29) is 17.0 Å². The van der Waals surface area contributed by atoms with Crippen LogP contribution in [-0.4, -0.2) is 36.5 Å². The molecule has 1 aliphatic rings. The van der Waals surface area contributed by atoms with E-state index in [1.54, 1.807) is 12.1 Å². The third-order valence-electron chi connectivity index (χ3n) is 3.84. The number of piperidine rings is 1. The minimum Gasteiger partial charge on any atom is -0.350 e. The third kappa shape index (κ3) is 5.11. The molecule has 0 spiro atoms. The molecule has 1 saturated heterocycles. The molecule has 0 radical (unpaired) electrons. The van der Waals surface area contributed by atoms with Crippen LogP contribution in [0, 0.1) is 5.82 Å². The first kappa shape index (κ1) is 17.0. The highest BCUT2D eigenvalue weighted by atomic mass is 35.5. The van der Waals surface area contributed by atoms with Crippen molar-refractivity contribution in [3.63, 3.8) is 0 Å². The number of benzene rings is 1. The van der Waals surface area contributed by atoms with Gasteiger partial charge in [0.05, 0.1) is 5.02 Å². The van der Waals surface area contributed by atoms with Crippen molar-refractivity contribution in [3.8, 4) is 0 Å². The highest BCUT2D eigenvalue weighted by Gasteiger charge is 2.19. The van der Waals surface area contributed by atoms with Gasteiger partial charge in [-0.2, -0.15) is 0 Å². The zero-order valence-corrected chi connectivity index (χ0v) is 13.6. The fourth-order valence-corrected chi connectivity index (χ4v) is 2.84. The standard InChI is InChI=1S/C17H22ClFN2O/c1-2-9-21-10-7-14(8-11-21)20-17(22)6-4-13-3-5-16(19)15(18)12-13/h3-6,12,14H,2,7-11H2,1H3,(H,20,22)/b6-4+. The molecule has 3 nitrogen and oxygen atoms in total. The van der Waals surface area contributed by atoms with E-state index in [1.807, 2.05) is 0 Å². The highest BCUT2D eigenvalue weighted by molar-refractivity contribution is 6.30. The molecule has 120 valence electrons. The second kappa shape index (κ2) is 8.30. The molecule has 2 rings (SSSR count). The molecule has 0 atom stereocenters. The van der Waals surface area contributed by atoms with Gasteiger partial charge in [-0.15, -0.1) is 0 Å². The van der Waals surface area contributed by atoms with Gasteiger partial charge in [0.1, 0.15) is 5.82 Å². The van der Waals surface area contributed by atoms with Crippen LogP contribution in [0.2, 0.25) is 5.02 Å². The molecule has 0 aromatic heterocycles. The lowest BCUT2D eigenvalue weighted by Gasteiger charge is -2.31. The van der Waals surface area contributed by atoms with Gasteiger partial charge in [-0.05, 0) is 49.6 Å². The molecule has 1 fully saturated rings. The van der Waals surface area contributed by atoms with Crippen LogP contribution in [0.3, 0.4) is 0 Å². The average molecular weight is 325 g/mol. The van der Waals surface area contributed by atoms with E-state index >= 15 is 0 Å². The summed E-state index contributed by atoms with van der Waals surface area (Å²) in [6.07, 6.45) is 6.26. The summed E-state index contributed by atoms with van der Waals surface area (Å²) >= 11 is 5.71. The van der Waals surface area contributed by atoms with Crippen LogP contribution in [-0.2, 0) is 4.79 Å². The van der Waals surface area contributed by atoms with E-state index in [0.717, 1.165) is 32.5 Å². The van der Waals surface area contributed by atoms with Crippen molar-refractivity contribution in [3.05, 3.63) is 40.7 Å². The first-order valence-corrected chi connectivity index (χ1v) is 8.12. The number of halogens is 2. The van der Waals surface area contributed by atoms with Gasteiger partial charge in [0.25, 0.3) is 0 Å². The fourth-order valence-electron chi connectivity index (χ4n) is 2.65. The van der Waals surface area contributed by atoms with Crippen molar-refractivity contribution in [2.45, 2.75) is 32.2 Å². The van der Waals surface area contributed by atoms with Crippen molar-refractivity contribution in [2.75, 3.05) is 19.6 Å². The summed E-state index contributed by atoms with van der Waals surface area (Å²) in [4.78, 5) is 14.4. The molecule has 5 heteroatoms. The van der Waals surface area contributed by atoms with Gasteiger partial charge in [0.2, 0.25) is 5.91 Å². The monoisotopic (exact) mass is 324 g/mol. The summed E-state index contributed by atoms with van der Waals surface area (Å²) in [7, 11) is 0. The lowest BCUT2D eigenvalue weighted by atomic mass is 10.0. The zero-order valence-electron chi connectivity index (χ0n) is 12.8. The number of hydrogen-bond donors (Lipinski definition) is 1. The Morgan fingerprint density at radius 1 is 1.45 bits per heavy atom. The largest absolute Gasteiger partial charge is 0.350 e. The Bertz CT molecular complexity index is 539. The molecule has 0 bridgehead atoms. The number of carbonyl (C=O) groups excluding carboxylic acids is 1. The van der Waals surface area contributed by atoms with Gasteiger partial charge in [0, 0.05) is 25.2 Å². The Hall–Kier alpha value is -1.39. The van der Waals surface area contributed by atoms with Gasteiger partial charge >= 0.3 is 0 Å². The van der Waals surface area contributed by atoms with Crippen LogP contribution in [0.25, 0.3) is 6.08 Å². The number of hydrogen-bond acceptors (Lipinski definition) is 2. The molecule has 1 aromatic carbocycles. The maximum absolute atomic E-state index is 13.1. The van der Waals surface area contributed by atoms with Crippen LogP contribution < -0.4 is 5.32 Å². The minimum atomic E-state index is -0.456. The number of nitrogens with one attached hydrogen (secondary N) is 1. The Balaban J connectivity index is 1.80. The molecule has 0 saturated carbocycles. The maximum atomic E-state index is 13.1. The summed E-state index contributed by atoms with van der Waals surface area (Å²) in [6.45, 7) is 5.39. The molecule has 1 N–H and O–H groups in total. The van der Waals surface area contributed by atoms with Crippen molar-refractivity contribution in [1.82, 2.24) is 10.2 Å². The minimum absolute atomic E-state index is 0.0610. The van der Waals surface area contributed by atoms with E-state index < -0.39 is 5.82 Å². The lowest BCUT2D eigenvalue weighted by Crippen LogP contribution is -2.44. The second-order valence-corrected chi connectivity index (χ2v) is 6.04. The fraction of sp³-hybridized carbons (Fsp3) is 0.471. The predicted molar refractivity (Wildman–Crippen MR) is 88.3 cm³/mol. The van der Waals surface area contributed by atoms with Gasteiger partial charge in [-0.25, -0.2) is 4.39 Å². The lowest BCUT2D eigenvalue weighted by molar-refractivity contribution is -0.117. The van der Waals surface area contributed by atoms with Crippen LogP contribution in [0.4, 0.5) is 4.39 Å². The van der Waals surface area contributed by atoms with E-state index in [1.165, 1.54) is 24.6 Å². The summed E-state index contributed by atoms with van der Waals surface area (Å²) in [5.74, 6) is -0.573.